The summed E-state index contributed by atoms with van der Waals surface area (Å²) < 4.78 is 12.4. The minimum atomic E-state index is 0.0548. The van der Waals surface area contributed by atoms with Crippen LogP contribution in [0.2, 0.25) is 5.02 Å². The fraction of sp³-hybridized carbons (Fsp3) is 0.214. The second kappa shape index (κ2) is 10.3. The standard InChI is InChI=1S/C28H25ClO2S2/c1-30-23-14-10-19(11-15-23)24-18-25(20-6-3-2-4-7-20)31-27(28-32-16-5-17-33-28)26(24)21-8-12-22(29)13-9-21/h2-4,6-15,18,24,28H,5,16-17H2,1H3. The molecule has 5 heteroatoms. The number of methoxy groups -OCH3 is 1. The minimum absolute atomic E-state index is 0.0548. The van der Waals surface area contributed by atoms with Gasteiger partial charge in [0.15, 0.2) is 0 Å². The first-order valence-corrected chi connectivity index (χ1v) is 13.5. The Labute approximate surface area is 209 Å². The number of allylic oxidation sites excluding steroid dienone is 2. The summed E-state index contributed by atoms with van der Waals surface area (Å²) in [5.41, 5.74) is 4.66. The molecule has 2 aliphatic rings. The number of benzene rings is 3. The van der Waals surface area contributed by atoms with Crippen molar-refractivity contribution in [3.63, 3.8) is 0 Å². The van der Waals surface area contributed by atoms with Crippen molar-refractivity contribution in [2.24, 2.45) is 0 Å². The van der Waals surface area contributed by atoms with E-state index < -0.39 is 0 Å². The summed E-state index contributed by atoms with van der Waals surface area (Å²) in [4.78, 5) is 0. The molecule has 0 aromatic heterocycles. The molecule has 168 valence electrons. The zero-order chi connectivity index (χ0) is 22.6. The molecule has 0 spiro atoms. The average molecular weight is 493 g/mol. The highest BCUT2D eigenvalue weighted by atomic mass is 35.5. The Morgan fingerprint density at radius 1 is 0.848 bits per heavy atom. The highest BCUT2D eigenvalue weighted by molar-refractivity contribution is 8.17. The zero-order valence-corrected chi connectivity index (χ0v) is 20.8. The van der Waals surface area contributed by atoms with Gasteiger partial charge < -0.3 is 9.47 Å². The summed E-state index contributed by atoms with van der Waals surface area (Å²) >= 11 is 10.2. The van der Waals surface area contributed by atoms with Crippen LogP contribution in [0.15, 0.2) is 90.7 Å². The van der Waals surface area contributed by atoms with Crippen LogP contribution in [0.4, 0.5) is 0 Å². The van der Waals surface area contributed by atoms with E-state index in [0.29, 0.717) is 0 Å². The monoisotopic (exact) mass is 492 g/mol. The predicted molar refractivity (Wildman–Crippen MR) is 143 cm³/mol. The molecule has 2 heterocycles. The Hall–Kier alpha value is -2.27. The zero-order valence-electron chi connectivity index (χ0n) is 18.4. The van der Waals surface area contributed by atoms with Gasteiger partial charge in [-0.05, 0) is 59.4 Å². The van der Waals surface area contributed by atoms with Gasteiger partial charge in [0.1, 0.15) is 21.8 Å². The molecule has 5 rings (SSSR count). The van der Waals surface area contributed by atoms with Gasteiger partial charge in [0, 0.05) is 22.1 Å². The Bertz CT molecular complexity index is 1150. The third kappa shape index (κ3) is 4.98. The van der Waals surface area contributed by atoms with Gasteiger partial charge in [0.05, 0.1) is 7.11 Å². The summed E-state index contributed by atoms with van der Waals surface area (Å²) in [6.45, 7) is 0. The largest absolute Gasteiger partial charge is 0.497 e. The molecule has 0 bridgehead atoms. The Kier molecular flexibility index (Phi) is 7.05. The van der Waals surface area contributed by atoms with E-state index in [4.69, 9.17) is 21.1 Å². The van der Waals surface area contributed by atoms with Crippen molar-refractivity contribution in [3.05, 3.63) is 112 Å². The number of hydrogen-bond donors (Lipinski definition) is 0. The van der Waals surface area contributed by atoms with Crippen molar-refractivity contribution in [2.75, 3.05) is 18.6 Å². The predicted octanol–water partition coefficient (Wildman–Crippen LogP) is 8.11. The van der Waals surface area contributed by atoms with E-state index >= 15 is 0 Å². The van der Waals surface area contributed by atoms with Crippen LogP contribution < -0.4 is 4.74 Å². The van der Waals surface area contributed by atoms with Crippen molar-refractivity contribution >= 4 is 46.5 Å². The third-order valence-electron chi connectivity index (χ3n) is 5.84. The molecule has 0 amide bonds. The van der Waals surface area contributed by atoms with Crippen LogP contribution in [0.1, 0.15) is 29.0 Å². The van der Waals surface area contributed by atoms with Gasteiger partial charge in [0.25, 0.3) is 0 Å². The van der Waals surface area contributed by atoms with Crippen LogP contribution >= 0.6 is 35.1 Å². The van der Waals surface area contributed by atoms with Crippen molar-refractivity contribution in [2.45, 2.75) is 16.9 Å². The lowest BCUT2D eigenvalue weighted by atomic mass is 9.83. The summed E-state index contributed by atoms with van der Waals surface area (Å²) in [6.07, 6.45) is 3.49. The molecule has 0 aliphatic carbocycles. The maximum atomic E-state index is 6.75. The van der Waals surface area contributed by atoms with Gasteiger partial charge in [-0.1, -0.05) is 66.2 Å². The summed E-state index contributed by atoms with van der Waals surface area (Å²) in [7, 11) is 1.70. The van der Waals surface area contributed by atoms with E-state index in [1.807, 2.05) is 53.9 Å². The normalized spacial score (nSPS) is 19.1. The van der Waals surface area contributed by atoms with Gasteiger partial charge in [-0.2, -0.15) is 0 Å². The maximum absolute atomic E-state index is 6.75. The summed E-state index contributed by atoms with van der Waals surface area (Å²) in [5, 5.41) is 0.737. The number of ether oxygens (including phenoxy) is 2. The fourth-order valence-electron chi connectivity index (χ4n) is 4.19. The molecule has 2 aliphatic heterocycles. The number of thioether (sulfide) groups is 2. The van der Waals surface area contributed by atoms with Crippen LogP contribution in [0.3, 0.4) is 0 Å². The SMILES string of the molecule is COc1ccc(C2C=C(c3ccccc3)OC(C3SCCCS3)=C2c2ccc(Cl)cc2)cc1. The molecule has 1 atom stereocenters. The van der Waals surface area contributed by atoms with Crippen molar-refractivity contribution in [1.29, 1.82) is 0 Å². The lowest BCUT2D eigenvalue weighted by Gasteiger charge is -2.33. The lowest BCUT2D eigenvalue weighted by Crippen LogP contribution is -2.19. The van der Waals surface area contributed by atoms with Crippen molar-refractivity contribution in [3.8, 4) is 5.75 Å². The second-order valence-electron chi connectivity index (χ2n) is 7.96. The highest BCUT2D eigenvalue weighted by Gasteiger charge is 2.33. The molecular formula is C28H25ClO2S2. The quantitative estimate of drug-likeness (QED) is 0.358. The Balaban J connectivity index is 1.68. The second-order valence-corrected chi connectivity index (χ2v) is 11.1. The van der Waals surface area contributed by atoms with E-state index in [9.17, 15) is 0 Å². The summed E-state index contributed by atoms with van der Waals surface area (Å²) in [5.74, 6) is 5.17. The molecule has 2 nitrogen and oxygen atoms in total. The fourth-order valence-corrected chi connectivity index (χ4v) is 7.17. The van der Waals surface area contributed by atoms with Crippen LogP contribution in [0, 0.1) is 0 Å². The molecule has 0 N–H and O–H groups in total. The molecular weight excluding hydrogens is 468 g/mol. The maximum Gasteiger partial charge on any atom is 0.132 e. The molecule has 3 aromatic rings. The number of hydrogen-bond acceptors (Lipinski definition) is 4. The first-order chi connectivity index (χ1) is 16.2. The molecule has 0 saturated carbocycles. The van der Waals surface area contributed by atoms with Crippen LogP contribution in [0.25, 0.3) is 11.3 Å². The smallest absolute Gasteiger partial charge is 0.132 e. The number of rotatable bonds is 5. The average Bonchev–Trinajstić information content (AvgIpc) is 2.89. The first kappa shape index (κ1) is 22.5. The van der Waals surface area contributed by atoms with Crippen molar-refractivity contribution < 1.29 is 9.47 Å². The van der Waals surface area contributed by atoms with Gasteiger partial charge in [-0.15, -0.1) is 23.5 Å². The lowest BCUT2D eigenvalue weighted by molar-refractivity contribution is 0.375. The molecule has 3 aromatic carbocycles. The van der Waals surface area contributed by atoms with Gasteiger partial charge >= 0.3 is 0 Å². The number of halogens is 1. The van der Waals surface area contributed by atoms with E-state index in [1.54, 1.807) is 7.11 Å². The molecule has 0 radical (unpaired) electrons. The minimum Gasteiger partial charge on any atom is -0.497 e. The van der Waals surface area contributed by atoms with Gasteiger partial charge in [-0.3, -0.25) is 0 Å². The van der Waals surface area contributed by atoms with Crippen LogP contribution in [-0.4, -0.2) is 23.2 Å². The van der Waals surface area contributed by atoms with Crippen molar-refractivity contribution in [1.82, 2.24) is 0 Å². The molecule has 1 unspecified atom stereocenters. The highest BCUT2D eigenvalue weighted by Crippen LogP contribution is 2.49. The Morgan fingerprint density at radius 3 is 2.21 bits per heavy atom. The molecule has 1 fully saturated rings. The van der Waals surface area contributed by atoms with E-state index in [1.165, 1.54) is 17.6 Å². The Morgan fingerprint density at radius 2 is 1.55 bits per heavy atom. The van der Waals surface area contributed by atoms with Crippen LogP contribution in [-0.2, 0) is 4.74 Å². The van der Waals surface area contributed by atoms with E-state index in [2.05, 4.69) is 54.6 Å². The van der Waals surface area contributed by atoms with E-state index in [-0.39, 0.29) is 10.5 Å². The summed E-state index contributed by atoms with van der Waals surface area (Å²) in [6, 6.07) is 26.9. The topological polar surface area (TPSA) is 18.5 Å². The van der Waals surface area contributed by atoms with Crippen LogP contribution in [0.5, 0.6) is 5.75 Å². The van der Waals surface area contributed by atoms with Gasteiger partial charge in [0.2, 0.25) is 0 Å². The molecule has 1 saturated heterocycles. The van der Waals surface area contributed by atoms with E-state index in [0.717, 1.165) is 44.9 Å². The molecule has 33 heavy (non-hydrogen) atoms. The first-order valence-electron chi connectivity index (χ1n) is 11.0. The van der Waals surface area contributed by atoms with Gasteiger partial charge in [-0.25, -0.2) is 0 Å². The third-order valence-corrected chi connectivity index (χ3v) is 8.99.